The molecule has 0 aliphatic carbocycles. The maximum absolute atomic E-state index is 2.49. The summed E-state index contributed by atoms with van der Waals surface area (Å²) in [6, 6.07) is 0. The molecule has 0 fully saturated rings. The molecule has 0 saturated heterocycles. The first-order valence-electron chi connectivity index (χ1n) is 8.22. The van der Waals surface area contributed by atoms with Gasteiger partial charge in [-0.2, -0.15) is 0 Å². The fourth-order valence-corrected chi connectivity index (χ4v) is 2.37. The van der Waals surface area contributed by atoms with Gasteiger partial charge in [-0.1, -0.05) is 20.8 Å². The molecule has 122 valence electrons. The molecule has 0 aliphatic rings. The number of rotatable bonds is 11. The Morgan fingerprint density at radius 1 is 0.600 bits per heavy atom. The smallest absolute Gasteiger partial charge is 0.000959 e. The molecule has 0 spiro atoms. The van der Waals surface area contributed by atoms with E-state index in [0.717, 1.165) is 0 Å². The van der Waals surface area contributed by atoms with Gasteiger partial charge >= 0.3 is 0 Å². The average molecular weight is 286 g/mol. The highest BCUT2D eigenvalue weighted by molar-refractivity contribution is 4.63. The summed E-state index contributed by atoms with van der Waals surface area (Å²) in [5, 5.41) is 0. The van der Waals surface area contributed by atoms with Gasteiger partial charge in [-0.25, -0.2) is 0 Å². The summed E-state index contributed by atoms with van der Waals surface area (Å²) in [5.74, 6) is 0. The lowest BCUT2D eigenvalue weighted by Gasteiger charge is -2.23. The molecule has 0 radical (unpaired) electrons. The van der Waals surface area contributed by atoms with Crippen LogP contribution in [0.25, 0.3) is 0 Å². The molecule has 0 unspecified atom stereocenters. The van der Waals surface area contributed by atoms with Crippen LogP contribution in [0.2, 0.25) is 0 Å². The van der Waals surface area contributed by atoms with Gasteiger partial charge in [0.05, 0.1) is 0 Å². The Morgan fingerprint density at radius 2 is 1.00 bits per heavy atom. The molecule has 20 heavy (non-hydrogen) atoms. The number of hydrogen-bond donors (Lipinski definition) is 0. The highest BCUT2D eigenvalue weighted by Gasteiger charge is 2.10. The van der Waals surface area contributed by atoms with Gasteiger partial charge in [0.1, 0.15) is 0 Å². The van der Waals surface area contributed by atoms with Crippen molar-refractivity contribution in [3.8, 4) is 0 Å². The highest BCUT2D eigenvalue weighted by Crippen LogP contribution is 2.20. The van der Waals surface area contributed by atoms with Crippen molar-refractivity contribution in [1.82, 2.24) is 14.7 Å². The van der Waals surface area contributed by atoms with Crippen LogP contribution in [0.4, 0.5) is 0 Å². The summed E-state index contributed by atoms with van der Waals surface area (Å²) < 4.78 is 0. The second-order valence-corrected chi connectivity index (χ2v) is 7.78. The topological polar surface area (TPSA) is 9.72 Å². The van der Waals surface area contributed by atoms with Crippen molar-refractivity contribution in [3.05, 3.63) is 0 Å². The molecule has 0 saturated carbocycles. The maximum Gasteiger partial charge on any atom is -0.000959 e. The lowest BCUT2D eigenvalue weighted by molar-refractivity contribution is 0.254. The van der Waals surface area contributed by atoms with E-state index in [9.17, 15) is 0 Å². The Labute approximate surface area is 128 Å². The van der Waals surface area contributed by atoms with Crippen LogP contribution in [0.3, 0.4) is 0 Å². The van der Waals surface area contributed by atoms with Crippen molar-refractivity contribution in [2.24, 2.45) is 5.41 Å². The molecule has 0 N–H and O–H groups in total. The van der Waals surface area contributed by atoms with E-state index in [4.69, 9.17) is 0 Å². The SMILES string of the molecule is CN(C)CCCN(C)CCCN(C)CCCC(C)(C)C. The van der Waals surface area contributed by atoms with Crippen molar-refractivity contribution >= 4 is 0 Å². The van der Waals surface area contributed by atoms with Crippen molar-refractivity contribution in [1.29, 1.82) is 0 Å². The molecule has 3 nitrogen and oxygen atoms in total. The number of nitrogens with zero attached hydrogens (tertiary/aromatic N) is 3. The second kappa shape index (κ2) is 10.6. The zero-order chi connectivity index (χ0) is 15.6. The van der Waals surface area contributed by atoms with Crippen LogP contribution in [0.1, 0.15) is 46.5 Å². The Balaban J connectivity index is 3.48. The largest absolute Gasteiger partial charge is 0.309 e. The number of hydrogen-bond acceptors (Lipinski definition) is 3. The van der Waals surface area contributed by atoms with E-state index in [2.05, 4.69) is 63.7 Å². The first-order chi connectivity index (χ1) is 9.20. The quantitative estimate of drug-likeness (QED) is 0.578. The van der Waals surface area contributed by atoms with Crippen LogP contribution in [-0.4, -0.2) is 75.6 Å². The van der Waals surface area contributed by atoms with Crippen LogP contribution in [0.5, 0.6) is 0 Å². The van der Waals surface area contributed by atoms with E-state index in [0.29, 0.717) is 5.41 Å². The predicted octanol–water partition coefficient (Wildman–Crippen LogP) is 3.02. The minimum atomic E-state index is 0.480. The lowest BCUT2D eigenvalue weighted by atomic mass is 9.90. The normalized spacial score (nSPS) is 12.9. The highest BCUT2D eigenvalue weighted by atomic mass is 15.1. The molecule has 0 rings (SSSR count). The third-order valence-corrected chi connectivity index (χ3v) is 3.69. The van der Waals surface area contributed by atoms with Gasteiger partial charge in [-0.3, -0.25) is 0 Å². The fourth-order valence-electron chi connectivity index (χ4n) is 2.37. The van der Waals surface area contributed by atoms with E-state index in [1.807, 2.05) is 0 Å². The zero-order valence-electron chi connectivity index (χ0n) is 15.2. The lowest BCUT2D eigenvalue weighted by Crippen LogP contribution is -2.28. The minimum Gasteiger partial charge on any atom is -0.309 e. The van der Waals surface area contributed by atoms with Crippen molar-refractivity contribution in [2.75, 3.05) is 60.9 Å². The van der Waals surface area contributed by atoms with Crippen LogP contribution in [-0.2, 0) is 0 Å². The Hall–Kier alpha value is -0.120. The van der Waals surface area contributed by atoms with Gasteiger partial charge in [0.2, 0.25) is 0 Å². The van der Waals surface area contributed by atoms with Gasteiger partial charge in [-0.15, -0.1) is 0 Å². The first-order valence-corrected chi connectivity index (χ1v) is 8.22. The van der Waals surface area contributed by atoms with Gasteiger partial charge in [-0.05, 0) is 92.0 Å². The average Bonchev–Trinajstić information content (AvgIpc) is 2.26. The van der Waals surface area contributed by atoms with Crippen LogP contribution in [0.15, 0.2) is 0 Å². The molecular formula is C17H39N3. The van der Waals surface area contributed by atoms with Gasteiger partial charge < -0.3 is 14.7 Å². The molecular weight excluding hydrogens is 246 g/mol. The zero-order valence-corrected chi connectivity index (χ0v) is 15.2. The molecule has 0 bridgehead atoms. The summed E-state index contributed by atoms with van der Waals surface area (Å²) in [5.41, 5.74) is 0.480. The van der Waals surface area contributed by atoms with Crippen molar-refractivity contribution in [3.63, 3.8) is 0 Å². The summed E-state index contributed by atoms with van der Waals surface area (Å²) in [6.45, 7) is 13.1. The summed E-state index contributed by atoms with van der Waals surface area (Å²) in [6.07, 6.45) is 5.19. The van der Waals surface area contributed by atoms with E-state index in [1.165, 1.54) is 58.4 Å². The third kappa shape index (κ3) is 14.3. The van der Waals surface area contributed by atoms with Crippen molar-refractivity contribution in [2.45, 2.75) is 46.5 Å². The maximum atomic E-state index is 2.49. The van der Waals surface area contributed by atoms with Gasteiger partial charge in [0, 0.05) is 0 Å². The predicted molar refractivity (Wildman–Crippen MR) is 91.5 cm³/mol. The first kappa shape index (κ1) is 19.9. The van der Waals surface area contributed by atoms with Crippen LogP contribution < -0.4 is 0 Å². The summed E-state index contributed by atoms with van der Waals surface area (Å²) in [4.78, 5) is 7.21. The van der Waals surface area contributed by atoms with E-state index in [1.54, 1.807) is 0 Å². The van der Waals surface area contributed by atoms with Crippen molar-refractivity contribution < 1.29 is 0 Å². The Morgan fingerprint density at radius 3 is 1.40 bits per heavy atom. The molecule has 0 aromatic rings. The molecule has 0 aliphatic heterocycles. The molecule has 0 amide bonds. The summed E-state index contributed by atoms with van der Waals surface area (Å²) >= 11 is 0. The standard InChI is InChI=1S/C17H39N3/c1-17(2,3)11-8-13-19(6)15-10-16-20(7)14-9-12-18(4)5/h8-16H2,1-7H3. The molecule has 0 aromatic heterocycles. The molecule has 0 heterocycles. The minimum absolute atomic E-state index is 0.480. The fraction of sp³-hybridized carbons (Fsp3) is 1.00. The van der Waals surface area contributed by atoms with E-state index >= 15 is 0 Å². The monoisotopic (exact) mass is 285 g/mol. The van der Waals surface area contributed by atoms with Gasteiger partial charge in [0.15, 0.2) is 0 Å². The molecule has 0 aromatic carbocycles. The molecule has 0 atom stereocenters. The Bertz CT molecular complexity index is 221. The van der Waals surface area contributed by atoms with E-state index < -0.39 is 0 Å². The third-order valence-electron chi connectivity index (χ3n) is 3.69. The Kier molecular flexibility index (Phi) is 10.5. The van der Waals surface area contributed by atoms with Crippen LogP contribution >= 0.6 is 0 Å². The summed E-state index contributed by atoms with van der Waals surface area (Å²) in [7, 11) is 8.79. The van der Waals surface area contributed by atoms with Gasteiger partial charge in [0.25, 0.3) is 0 Å². The van der Waals surface area contributed by atoms with E-state index in [-0.39, 0.29) is 0 Å². The van der Waals surface area contributed by atoms with Crippen LogP contribution in [0, 0.1) is 5.41 Å². The second-order valence-electron chi connectivity index (χ2n) is 7.78. The molecule has 3 heteroatoms.